The van der Waals surface area contributed by atoms with Crippen LogP contribution < -0.4 is 9.96 Å². The Kier molecular flexibility index (Phi) is 4.55. The lowest BCUT2D eigenvalue weighted by Crippen LogP contribution is -2.41. The summed E-state index contributed by atoms with van der Waals surface area (Å²) in [6.07, 6.45) is -0.0289. The molecule has 3 aromatic rings. The molecule has 0 aromatic heterocycles. The molecule has 5 heteroatoms. The number of nitrogens with zero attached hydrogens (tertiary/aromatic N) is 2. The Bertz CT molecular complexity index is 1110. The maximum Gasteiger partial charge on any atom is 0.266 e. The number of rotatable bonds is 4. The van der Waals surface area contributed by atoms with Crippen molar-refractivity contribution < 1.29 is 14.4 Å². The highest BCUT2D eigenvalue weighted by Crippen LogP contribution is 2.43. The second kappa shape index (κ2) is 7.26. The Labute approximate surface area is 175 Å². The first-order valence-corrected chi connectivity index (χ1v) is 10.4. The number of hydrogen-bond acceptors (Lipinski definition) is 4. The van der Waals surface area contributed by atoms with Crippen LogP contribution in [0.3, 0.4) is 0 Å². The molecular weight excluding hydrogens is 376 g/mol. The van der Waals surface area contributed by atoms with Crippen molar-refractivity contribution in [3.63, 3.8) is 0 Å². The van der Waals surface area contributed by atoms with E-state index in [-0.39, 0.29) is 17.9 Å². The molecule has 2 aliphatic rings. The minimum absolute atomic E-state index is 0.176. The second-order valence-corrected chi connectivity index (χ2v) is 8.42. The van der Waals surface area contributed by atoms with Gasteiger partial charge in [-0.15, -0.1) is 0 Å². The third-order valence-electron chi connectivity index (χ3n) is 5.97. The highest BCUT2D eigenvalue weighted by atomic mass is 16.7. The largest absolute Gasteiger partial charge is 0.273 e. The zero-order valence-corrected chi connectivity index (χ0v) is 17.1. The molecule has 0 radical (unpaired) electrons. The number of hydrogen-bond donors (Lipinski definition) is 0. The zero-order valence-electron chi connectivity index (χ0n) is 17.1. The van der Waals surface area contributed by atoms with E-state index in [1.165, 1.54) is 4.90 Å². The van der Waals surface area contributed by atoms with Crippen LogP contribution in [-0.4, -0.2) is 24.0 Å². The predicted octanol–water partition coefficient (Wildman–Crippen LogP) is 4.56. The lowest BCUT2D eigenvalue weighted by Gasteiger charge is -2.29. The molecule has 152 valence electrons. The highest BCUT2D eigenvalue weighted by molar-refractivity contribution is 6.26. The summed E-state index contributed by atoms with van der Waals surface area (Å²) in [4.78, 5) is 34.5. The number of benzene rings is 3. The molecule has 2 heterocycles. The molecule has 2 amide bonds. The van der Waals surface area contributed by atoms with E-state index in [0.29, 0.717) is 11.6 Å². The highest BCUT2D eigenvalue weighted by Gasteiger charge is 2.59. The number of hydroxylamine groups is 1. The van der Waals surface area contributed by atoms with Gasteiger partial charge in [-0.25, -0.2) is 9.96 Å². The number of para-hydroxylation sites is 1. The van der Waals surface area contributed by atoms with Crippen LogP contribution in [-0.2, 0) is 14.4 Å². The summed E-state index contributed by atoms with van der Waals surface area (Å²) < 4.78 is 0. The summed E-state index contributed by atoms with van der Waals surface area (Å²) in [6, 6.07) is 23.0. The Morgan fingerprint density at radius 3 is 2.33 bits per heavy atom. The maximum atomic E-state index is 13.6. The van der Waals surface area contributed by atoms with Gasteiger partial charge in [0.25, 0.3) is 5.91 Å². The smallest absolute Gasteiger partial charge is 0.266 e. The molecular formula is C25H24N2O3. The minimum Gasteiger partial charge on any atom is -0.273 e. The third-order valence-corrected chi connectivity index (χ3v) is 5.97. The molecule has 0 bridgehead atoms. The lowest BCUT2D eigenvalue weighted by atomic mass is 9.90. The molecule has 2 saturated heterocycles. The van der Waals surface area contributed by atoms with E-state index < -0.39 is 12.0 Å². The quantitative estimate of drug-likeness (QED) is 0.602. The number of anilines is 2. The Morgan fingerprint density at radius 1 is 0.867 bits per heavy atom. The fourth-order valence-electron chi connectivity index (χ4n) is 4.68. The normalized spacial score (nSPS) is 23.6. The first kappa shape index (κ1) is 18.8. The number of carbonyl (C=O) groups is 2. The van der Waals surface area contributed by atoms with Crippen LogP contribution in [0.1, 0.15) is 20.3 Å². The molecule has 3 aromatic carbocycles. The molecule has 3 atom stereocenters. The first-order valence-electron chi connectivity index (χ1n) is 10.4. The maximum absolute atomic E-state index is 13.6. The molecule has 30 heavy (non-hydrogen) atoms. The summed E-state index contributed by atoms with van der Waals surface area (Å²) in [5.41, 5.74) is 1.51. The van der Waals surface area contributed by atoms with E-state index in [1.54, 1.807) is 5.06 Å². The summed E-state index contributed by atoms with van der Waals surface area (Å²) >= 11 is 0. The summed E-state index contributed by atoms with van der Waals surface area (Å²) in [7, 11) is 0. The van der Waals surface area contributed by atoms with Gasteiger partial charge in [0.1, 0.15) is 0 Å². The van der Waals surface area contributed by atoms with Gasteiger partial charge in [-0.2, -0.15) is 0 Å². The van der Waals surface area contributed by atoms with Crippen LogP contribution in [0.25, 0.3) is 10.8 Å². The zero-order chi connectivity index (χ0) is 20.8. The predicted molar refractivity (Wildman–Crippen MR) is 117 cm³/mol. The lowest BCUT2D eigenvalue weighted by molar-refractivity contribution is -0.126. The molecule has 0 aliphatic carbocycles. The van der Waals surface area contributed by atoms with Gasteiger partial charge in [-0.1, -0.05) is 68.4 Å². The summed E-state index contributed by atoms with van der Waals surface area (Å²) in [6.45, 7) is 4.25. The van der Waals surface area contributed by atoms with Crippen molar-refractivity contribution >= 4 is 34.0 Å². The number of amides is 2. The molecule has 0 spiro atoms. The fraction of sp³-hybridized carbons (Fsp3) is 0.280. The van der Waals surface area contributed by atoms with Crippen LogP contribution in [0.4, 0.5) is 11.4 Å². The molecule has 0 unspecified atom stereocenters. The van der Waals surface area contributed by atoms with Crippen LogP contribution >= 0.6 is 0 Å². The molecule has 2 aliphatic heterocycles. The van der Waals surface area contributed by atoms with Crippen LogP contribution in [0, 0.1) is 11.8 Å². The Balaban J connectivity index is 1.55. The van der Waals surface area contributed by atoms with Gasteiger partial charge < -0.3 is 0 Å². The van der Waals surface area contributed by atoms with Gasteiger partial charge in [0.05, 0.1) is 23.3 Å². The first-order chi connectivity index (χ1) is 14.6. The Hall–Kier alpha value is -3.18. The summed E-state index contributed by atoms with van der Waals surface area (Å²) in [5.74, 6) is -0.615. The van der Waals surface area contributed by atoms with Gasteiger partial charge in [0.15, 0.2) is 6.10 Å². The Morgan fingerprint density at radius 2 is 1.57 bits per heavy atom. The van der Waals surface area contributed by atoms with E-state index in [0.717, 1.165) is 22.9 Å². The topological polar surface area (TPSA) is 49.9 Å². The second-order valence-electron chi connectivity index (χ2n) is 8.42. The van der Waals surface area contributed by atoms with E-state index in [2.05, 4.69) is 13.8 Å². The van der Waals surface area contributed by atoms with Crippen molar-refractivity contribution in [1.29, 1.82) is 0 Å². The van der Waals surface area contributed by atoms with E-state index >= 15 is 0 Å². The van der Waals surface area contributed by atoms with Crippen molar-refractivity contribution in [3.8, 4) is 0 Å². The van der Waals surface area contributed by atoms with Gasteiger partial charge in [0.2, 0.25) is 5.91 Å². The molecule has 0 N–H and O–H groups in total. The molecule has 0 saturated carbocycles. The third kappa shape index (κ3) is 2.89. The monoisotopic (exact) mass is 400 g/mol. The van der Waals surface area contributed by atoms with Crippen LogP contribution in [0.2, 0.25) is 0 Å². The van der Waals surface area contributed by atoms with E-state index in [1.807, 2.05) is 72.8 Å². The standard InChI is InChI=1S/C25H24N2O3/c1-16(2)15-21-22-23(30-27(21)18-11-4-3-5-12-18)25(29)26(24(22)28)20-14-8-10-17-9-6-7-13-19(17)20/h3-14,16,21-23H,15H2,1-2H3/t21-,22-,23+/m0/s1. The summed E-state index contributed by atoms with van der Waals surface area (Å²) in [5, 5.41) is 3.67. The van der Waals surface area contributed by atoms with Gasteiger partial charge in [-0.3, -0.25) is 14.4 Å². The number of fused-ring (bicyclic) bond motifs is 2. The SMILES string of the molecule is CC(C)C[C@H]1[C@@H]2C(=O)N(c3cccc4ccccc34)C(=O)[C@@H]2ON1c1ccccc1. The number of carbonyl (C=O) groups excluding carboxylic acids is 2. The van der Waals surface area contributed by atoms with Crippen molar-refractivity contribution in [1.82, 2.24) is 0 Å². The molecule has 2 fully saturated rings. The van der Waals surface area contributed by atoms with Gasteiger partial charge in [0, 0.05) is 5.39 Å². The average molecular weight is 400 g/mol. The van der Waals surface area contributed by atoms with E-state index in [4.69, 9.17) is 4.84 Å². The van der Waals surface area contributed by atoms with Crippen LogP contribution in [0.15, 0.2) is 72.8 Å². The molecule has 5 nitrogen and oxygen atoms in total. The van der Waals surface area contributed by atoms with Crippen molar-refractivity contribution in [3.05, 3.63) is 72.8 Å². The van der Waals surface area contributed by atoms with Gasteiger partial charge >= 0.3 is 0 Å². The van der Waals surface area contributed by atoms with Crippen molar-refractivity contribution in [2.45, 2.75) is 32.4 Å². The van der Waals surface area contributed by atoms with Crippen molar-refractivity contribution in [2.75, 3.05) is 9.96 Å². The number of imide groups is 1. The average Bonchev–Trinajstić information content (AvgIpc) is 3.24. The van der Waals surface area contributed by atoms with E-state index in [9.17, 15) is 9.59 Å². The van der Waals surface area contributed by atoms with Crippen LogP contribution in [0.5, 0.6) is 0 Å². The van der Waals surface area contributed by atoms with Crippen molar-refractivity contribution in [2.24, 2.45) is 11.8 Å². The minimum atomic E-state index is -0.791. The fourth-order valence-corrected chi connectivity index (χ4v) is 4.68. The van der Waals surface area contributed by atoms with Gasteiger partial charge in [-0.05, 0) is 35.9 Å². The molecule has 5 rings (SSSR count).